The predicted octanol–water partition coefficient (Wildman–Crippen LogP) is 3.80. The van der Waals surface area contributed by atoms with Gasteiger partial charge in [-0.2, -0.15) is 18.3 Å². The summed E-state index contributed by atoms with van der Waals surface area (Å²) < 4.78 is 38.9. The SMILES string of the molecule is FC(F)(F)c1ccccc1CNc1n[nH]cc1Br. The summed E-state index contributed by atoms with van der Waals surface area (Å²) in [6.45, 7) is 0.0547. The van der Waals surface area contributed by atoms with Crippen molar-refractivity contribution in [1.29, 1.82) is 0 Å². The van der Waals surface area contributed by atoms with Crippen LogP contribution < -0.4 is 5.32 Å². The Kier molecular flexibility index (Phi) is 3.60. The Morgan fingerprint density at radius 2 is 2.00 bits per heavy atom. The molecule has 0 aliphatic carbocycles. The summed E-state index contributed by atoms with van der Waals surface area (Å²) in [5, 5.41) is 9.29. The topological polar surface area (TPSA) is 40.7 Å². The molecule has 1 aromatic heterocycles. The molecule has 1 aromatic carbocycles. The van der Waals surface area contributed by atoms with E-state index in [1.54, 1.807) is 12.3 Å². The highest BCUT2D eigenvalue weighted by atomic mass is 79.9. The molecule has 0 unspecified atom stereocenters. The average molecular weight is 320 g/mol. The quantitative estimate of drug-likeness (QED) is 0.903. The van der Waals surface area contributed by atoms with Crippen LogP contribution in [0.25, 0.3) is 0 Å². The maximum absolute atomic E-state index is 12.7. The van der Waals surface area contributed by atoms with Crippen LogP contribution in [0.2, 0.25) is 0 Å². The third kappa shape index (κ3) is 2.84. The van der Waals surface area contributed by atoms with Crippen molar-refractivity contribution in [2.45, 2.75) is 12.7 Å². The van der Waals surface area contributed by atoms with Crippen molar-refractivity contribution in [3.8, 4) is 0 Å². The van der Waals surface area contributed by atoms with Crippen LogP contribution in [-0.4, -0.2) is 10.2 Å². The van der Waals surface area contributed by atoms with Gasteiger partial charge in [0.1, 0.15) is 0 Å². The number of hydrogen-bond acceptors (Lipinski definition) is 2. The molecule has 0 saturated carbocycles. The number of aromatic nitrogens is 2. The van der Waals surface area contributed by atoms with Crippen LogP contribution in [0.4, 0.5) is 19.0 Å². The van der Waals surface area contributed by atoms with Gasteiger partial charge in [-0.15, -0.1) is 0 Å². The minimum atomic E-state index is -4.35. The highest BCUT2D eigenvalue weighted by molar-refractivity contribution is 9.10. The van der Waals surface area contributed by atoms with Gasteiger partial charge in [0.25, 0.3) is 0 Å². The van der Waals surface area contributed by atoms with E-state index in [2.05, 4.69) is 31.4 Å². The summed E-state index contributed by atoms with van der Waals surface area (Å²) >= 11 is 3.22. The van der Waals surface area contributed by atoms with Crippen molar-refractivity contribution < 1.29 is 13.2 Å². The molecule has 0 saturated heterocycles. The zero-order valence-electron chi connectivity index (χ0n) is 9.05. The molecular weight excluding hydrogens is 311 g/mol. The molecule has 18 heavy (non-hydrogen) atoms. The first-order chi connectivity index (χ1) is 8.48. The Morgan fingerprint density at radius 1 is 1.28 bits per heavy atom. The van der Waals surface area contributed by atoms with Crippen LogP contribution in [0.1, 0.15) is 11.1 Å². The Bertz CT molecular complexity index is 536. The van der Waals surface area contributed by atoms with E-state index in [0.29, 0.717) is 10.3 Å². The lowest BCUT2D eigenvalue weighted by atomic mass is 10.1. The molecule has 0 aliphatic heterocycles. The molecule has 96 valence electrons. The fourth-order valence-electron chi connectivity index (χ4n) is 1.53. The number of anilines is 1. The molecule has 0 radical (unpaired) electrons. The van der Waals surface area contributed by atoms with Gasteiger partial charge in [-0.3, -0.25) is 5.10 Å². The number of H-pyrrole nitrogens is 1. The lowest BCUT2D eigenvalue weighted by molar-refractivity contribution is -0.138. The lowest BCUT2D eigenvalue weighted by Gasteiger charge is -2.13. The van der Waals surface area contributed by atoms with Gasteiger partial charge in [0.15, 0.2) is 5.82 Å². The van der Waals surface area contributed by atoms with Gasteiger partial charge in [-0.1, -0.05) is 18.2 Å². The van der Waals surface area contributed by atoms with Crippen molar-refractivity contribution >= 4 is 21.7 Å². The number of halogens is 4. The number of nitrogens with zero attached hydrogens (tertiary/aromatic N) is 1. The second-order valence-electron chi connectivity index (χ2n) is 3.59. The van der Waals surface area contributed by atoms with Crippen molar-refractivity contribution in [1.82, 2.24) is 10.2 Å². The van der Waals surface area contributed by atoms with Crippen molar-refractivity contribution in [2.75, 3.05) is 5.32 Å². The Labute approximate surface area is 110 Å². The summed E-state index contributed by atoms with van der Waals surface area (Å²) in [6, 6.07) is 5.45. The first-order valence-electron chi connectivity index (χ1n) is 5.06. The molecule has 0 fully saturated rings. The van der Waals surface area contributed by atoms with Gasteiger partial charge in [0.05, 0.1) is 10.0 Å². The third-order valence-corrected chi connectivity index (χ3v) is 2.97. The number of alkyl halides is 3. The summed E-state index contributed by atoms with van der Waals surface area (Å²) in [4.78, 5) is 0. The van der Waals surface area contributed by atoms with Gasteiger partial charge in [0.2, 0.25) is 0 Å². The minimum absolute atomic E-state index is 0.0547. The second kappa shape index (κ2) is 5.01. The molecule has 3 nitrogen and oxygen atoms in total. The number of nitrogens with one attached hydrogen (secondary N) is 2. The van der Waals surface area contributed by atoms with E-state index in [9.17, 15) is 13.2 Å². The number of rotatable bonds is 3. The van der Waals surface area contributed by atoms with Crippen LogP contribution in [-0.2, 0) is 12.7 Å². The van der Waals surface area contributed by atoms with Crippen molar-refractivity contribution in [2.24, 2.45) is 0 Å². The predicted molar refractivity (Wildman–Crippen MR) is 65.1 cm³/mol. The number of hydrogen-bond donors (Lipinski definition) is 2. The molecule has 0 amide bonds. The first kappa shape index (κ1) is 12.9. The van der Waals surface area contributed by atoms with Gasteiger partial charge < -0.3 is 5.32 Å². The summed E-state index contributed by atoms with van der Waals surface area (Å²) in [7, 11) is 0. The molecule has 7 heteroatoms. The fraction of sp³-hybridized carbons (Fsp3) is 0.182. The van der Waals surface area contributed by atoms with E-state index >= 15 is 0 Å². The standard InChI is InChI=1S/C11H9BrF3N3/c12-9-6-17-18-10(9)16-5-7-3-1-2-4-8(7)11(13,14)15/h1-4,6H,5H2,(H2,16,17,18). The third-order valence-electron chi connectivity index (χ3n) is 2.36. The van der Waals surface area contributed by atoms with E-state index in [-0.39, 0.29) is 12.1 Å². The second-order valence-corrected chi connectivity index (χ2v) is 4.44. The zero-order valence-corrected chi connectivity index (χ0v) is 10.6. The highest BCUT2D eigenvalue weighted by Gasteiger charge is 2.32. The number of aromatic amines is 1. The van der Waals surface area contributed by atoms with Gasteiger partial charge in [0, 0.05) is 12.7 Å². The van der Waals surface area contributed by atoms with Crippen LogP contribution in [0.3, 0.4) is 0 Å². The van der Waals surface area contributed by atoms with E-state index in [0.717, 1.165) is 6.07 Å². The zero-order chi connectivity index (χ0) is 13.2. The van der Waals surface area contributed by atoms with E-state index in [1.807, 2.05) is 0 Å². The first-order valence-corrected chi connectivity index (χ1v) is 5.86. The molecular formula is C11H9BrF3N3. The monoisotopic (exact) mass is 319 g/mol. The van der Waals surface area contributed by atoms with Gasteiger partial charge >= 0.3 is 6.18 Å². The van der Waals surface area contributed by atoms with Crippen molar-refractivity contribution in [3.05, 3.63) is 46.1 Å². The van der Waals surface area contributed by atoms with E-state index in [1.165, 1.54) is 12.1 Å². The smallest absolute Gasteiger partial charge is 0.364 e. The number of benzene rings is 1. The van der Waals surface area contributed by atoms with Gasteiger partial charge in [-0.25, -0.2) is 0 Å². The normalized spacial score (nSPS) is 11.6. The maximum Gasteiger partial charge on any atom is 0.416 e. The molecule has 2 rings (SSSR count). The molecule has 0 bridgehead atoms. The summed E-state index contributed by atoms with van der Waals surface area (Å²) in [5.74, 6) is 0.479. The Balaban J connectivity index is 2.17. The Hall–Kier alpha value is -1.50. The minimum Gasteiger partial charge on any atom is -0.364 e. The van der Waals surface area contributed by atoms with Crippen LogP contribution in [0.5, 0.6) is 0 Å². The Morgan fingerprint density at radius 3 is 2.61 bits per heavy atom. The van der Waals surface area contributed by atoms with Gasteiger partial charge in [-0.05, 0) is 27.6 Å². The van der Waals surface area contributed by atoms with Crippen molar-refractivity contribution in [3.63, 3.8) is 0 Å². The molecule has 0 atom stereocenters. The molecule has 2 N–H and O–H groups in total. The summed E-state index contributed by atoms with van der Waals surface area (Å²) in [6.07, 6.45) is -2.75. The summed E-state index contributed by atoms with van der Waals surface area (Å²) in [5.41, 5.74) is -0.455. The van der Waals surface area contributed by atoms with Crippen LogP contribution >= 0.6 is 15.9 Å². The van der Waals surface area contributed by atoms with Crippen LogP contribution in [0.15, 0.2) is 34.9 Å². The average Bonchev–Trinajstić information content (AvgIpc) is 2.71. The maximum atomic E-state index is 12.7. The molecule has 0 aliphatic rings. The largest absolute Gasteiger partial charge is 0.416 e. The van der Waals surface area contributed by atoms with E-state index < -0.39 is 11.7 Å². The highest BCUT2D eigenvalue weighted by Crippen LogP contribution is 2.32. The molecule has 0 spiro atoms. The fourth-order valence-corrected chi connectivity index (χ4v) is 1.86. The van der Waals surface area contributed by atoms with E-state index in [4.69, 9.17) is 0 Å². The van der Waals surface area contributed by atoms with Crippen LogP contribution in [0, 0.1) is 0 Å². The lowest BCUT2D eigenvalue weighted by Crippen LogP contribution is -2.11. The molecule has 2 aromatic rings. The molecule has 1 heterocycles.